The molecule has 2 fully saturated rings. The molecule has 2 unspecified atom stereocenters. The number of rotatable bonds is 3. The van der Waals surface area contributed by atoms with E-state index in [1.54, 1.807) is 0 Å². The Labute approximate surface area is 124 Å². The second-order valence-corrected chi connectivity index (χ2v) is 9.05. The van der Waals surface area contributed by atoms with Gasteiger partial charge in [-0.15, -0.1) is 0 Å². The van der Waals surface area contributed by atoms with Gasteiger partial charge in [0.2, 0.25) is 0 Å². The van der Waals surface area contributed by atoms with Gasteiger partial charge < -0.3 is 10.6 Å². The molecule has 0 aromatic carbocycles. The molecule has 0 radical (unpaired) electrons. The summed E-state index contributed by atoms with van der Waals surface area (Å²) in [5, 5.41) is 0.522. The molecule has 3 rings (SSSR count). The first-order valence-electron chi connectivity index (χ1n) is 7.15. The molecule has 2 aliphatic rings. The molecule has 2 atom stereocenters. The molecule has 2 heterocycles. The van der Waals surface area contributed by atoms with Crippen molar-refractivity contribution in [2.45, 2.75) is 43.3 Å². The van der Waals surface area contributed by atoms with E-state index in [9.17, 15) is 8.42 Å². The van der Waals surface area contributed by atoms with Crippen LogP contribution in [0.3, 0.4) is 0 Å². The van der Waals surface area contributed by atoms with Gasteiger partial charge in [-0.1, -0.05) is 13.8 Å². The van der Waals surface area contributed by atoms with Crippen LogP contribution in [-0.2, 0) is 9.84 Å². The minimum Gasteiger partial charge on any atom is -0.382 e. The molecule has 1 aliphatic heterocycles. The zero-order valence-corrected chi connectivity index (χ0v) is 13.5. The van der Waals surface area contributed by atoms with Crippen LogP contribution in [0.5, 0.6) is 0 Å². The smallest absolute Gasteiger partial charge is 0.187 e. The molecule has 1 saturated carbocycles. The van der Waals surface area contributed by atoms with Crippen LogP contribution in [0.15, 0.2) is 4.90 Å². The van der Waals surface area contributed by atoms with Crippen molar-refractivity contribution >= 4 is 32.2 Å². The maximum Gasteiger partial charge on any atom is 0.187 e. The number of piperidine rings is 1. The highest BCUT2D eigenvalue weighted by Crippen LogP contribution is 2.43. The highest BCUT2D eigenvalue weighted by Gasteiger charge is 2.42. The van der Waals surface area contributed by atoms with Gasteiger partial charge in [0.15, 0.2) is 15.7 Å². The lowest BCUT2D eigenvalue weighted by atomic mass is 9.89. The largest absolute Gasteiger partial charge is 0.382 e. The number of hydrogen-bond acceptors (Lipinski definition) is 6. The summed E-state index contributed by atoms with van der Waals surface area (Å²) < 4.78 is 29.2. The van der Waals surface area contributed by atoms with E-state index in [1.165, 1.54) is 11.5 Å². The minimum absolute atomic E-state index is 0.183. The third-order valence-electron chi connectivity index (χ3n) is 4.53. The number of nitrogens with zero attached hydrogens (tertiary/aromatic N) is 2. The highest BCUT2D eigenvalue weighted by atomic mass is 32.2. The molecular weight excluding hydrogens is 294 g/mol. The number of hydrogen-bond donors (Lipinski definition) is 1. The third-order valence-corrected chi connectivity index (χ3v) is 7.90. The molecule has 112 valence electrons. The molecule has 2 N–H and O–H groups in total. The maximum absolute atomic E-state index is 12.5. The van der Waals surface area contributed by atoms with Crippen molar-refractivity contribution in [2.75, 3.05) is 23.7 Å². The first-order valence-corrected chi connectivity index (χ1v) is 9.47. The predicted octanol–water partition coefficient (Wildman–Crippen LogP) is 2.14. The number of nitrogen functional groups attached to an aromatic ring is 1. The van der Waals surface area contributed by atoms with Gasteiger partial charge in [0.1, 0.15) is 9.90 Å². The summed E-state index contributed by atoms with van der Waals surface area (Å²) in [5.41, 5.74) is 5.86. The summed E-state index contributed by atoms with van der Waals surface area (Å²) in [5.74, 6) is 1.42. The van der Waals surface area contributed by atoms with Crippen molar-refractivity contribution < 1.29 is 8.42 Å². The lowest BCUT2D eigenvalue weighted by molar-refractivity contribution is 0.324. The van der Waals surface area contributed by atoms with E-state index in [0.717, 1.165) is 37.4 Å². The van der Waals surface area contributed by atoms with E-state index in [1.807, 2.05) is 0 Å². The molecule has 1 saturated heterocycles. The lowest BCUT2D eigenvalue weighted by Gasteiger charge is -2.36. The molecular formula is C13H21N3O2S2. The van der Waals surface area contributed by atoms with E-state index >= 15 is 0 Å². The Hall–Kier alpha value is -0.820. The molecule has 20 heavy (non-hydrogen) atoms. The SMILES string of the molecule is CC1CCN(c2snc(N)c2S(=O)(=O)C2CC2)CC1C. The third kappa shape index (κ3) is 2.30. The van der Waals surface area contributed by atoms with Gasteiger partial charge in [-0.05, 0) is 42.6 Å². The second-order valence-electron chi connectivity index (χ2n) is 6.14. The zero-order valence-electron chi connectivity index (χ0n) is 11.9. The summed E-state index contributed by atoms with van der Waals surface area (Å²) in [6.45, 7) is 6.25. The predicted molar refractivity (Wildman–Crippen MR) is 81.9 cm³/mol. The molecule has 7 heteroatoms. The lowest BCUT2D eigenvalue weighted by Crippen LogP contribution is -2.38. The van der Waals surface area contributed by atoms with Crippen molar-refractivity contribution in [3.8, 4) is 0 Å². The van der Waals surface area contributed by atoms with E-state index in [-0.39, 0.29) is 11.1 Å². The molecule has 1 aliphatic carbocycles. The normalized spacial score (nSPS) is 27.8. The van der Waals surface area contributed by atoms with E-state index < -0.39 is 9.84 Å². The summed E-state index contributed by atoms with van der Waals surface area (Å²) in [4.78, 5) is 2.46. The average molecular weight is 315 g/mol. The number of sulfone groups is 1. The van der Waals surface area contributed by atoms with Gasteiger partial charge in [-0.25, -0.2) is 8.42 Å². The fraction of sp³-hybridized carbons (Fsp3) is 0.769. The Kier molecular flexibility index (Phi) is 3.44. The van der Waals surface area contributed by atoms with Gasteiger partial charge in [0.25, 0.3) is 0 Å². The molecule has 1 aromatic heterocycles. The van der Waals surface area contributed by atoms with Crippen LogP contribution in [0.4, 0.5) is 10.8 Å². The molecule has 0 bridgehead atoms. The average Bonchev–Trinajstić information content (AvgIpc) is 3.17. The van der Waals surface area contributed by atoms with Crippen LogP contribution in [-0.4, -0.2) is 31.1 Å². The van der Waals surface area contributed by atoms with Crippen LogP contribution in [0.2, 0.25) is 0 Å². The van der Waals surface area contributed by atoms with Crippen LogP contribution in [0.1, 0.15) is 33.1 Å². The summed E-state index contributed by atoms with van der Waals surface area (Å²) in [7, 11) is -3.28. The maximum atomic E-state index is 12.5. The summed E-state index contributed by atoms with van der Waals surface area (Å²) in [6.07, 6.45) is 2.59. The number of nitrogens with two attached hydrogens (primary N) is 1. The van der Waals surface area contributed by atoms with Crippen LogP contribution in [0, 0.1) is 11.8 Å². The zero-order chi connectivity index (χ0) is 14.5. The summed E-state index contributed by atoms with van der Waals surface area (Å²) in [6, 6.07) is 0. The van der Waals surface area contributed by atoms with Crippen molar-refractivity contribution in [1.29, 1.82) is 0 Å². The first kappa shape index (κ1) is 14.1. The highest BCUT2D eigenvalue weighted by molar-refractivity contribution is 7.92. The Morgan fingerprint density at radius 2 is 1.95 bits per heavy atom. The number of anilines is 2. The topological polar surface area (TPSA) is 76.3 Å². The van der Waals surface area contributed by atoms with Gasteiger partial charge in [-0.3, -0.25) is 0 Å². The van der Waals surface area contributed by atoms with Crippen LogP contribution in [0.25, 0.3) is 0 Å². The molecule has 0 spiro atoms. The van der Waals surface area contributed by atoms with Crippen LogP contribution < -0.4 is 10.6 Å². The van der Waals surface area contributed by atoms with Gasteiger partial charge in [-0.2, -0.15) is 4.37 Å². The fourth-order valence-electron chi connectivity index (χ4n) is 2.75. The summed E-state index contributed by atoms with van der Waals surface area (Å²) >= 11 is 1.23. The quantitative estimate of drug-likeness (QED) is 0.925. The Balaban J connectivity index is 1.95. The van der Waals surface area contributed by atoms with Gasteiger partial charge in [0.05, 0.1) is 5.25 Å². The van der Waals surface area contributed by atoms with Crippen molar-refractivity contribution in [1.82, 2.24) is 4.37 Å². The van der Waals surface area contributed by atoms with Gasteiger partial charge in [0, 0.05) is 13.1 Å². The minimum atomic E-state index is -3.28. The Morgan fingerprint density at radius 1 is 1.25 bits per heavy atom. The van der Waals surface area contributed by atoms with E-state index in [4.69, 9.17) is 5.73 Å². The Bertz CT molecular complexity index is 607. The first-order chi connectivity index (χ1) is 9.41. The van der Waals surface area contributed by atoms with Gasteiger partial charge >= 0.3 is 0 Å². The molecule has 1 aromatic rings. The Morgan fingerprint density at radius 3 is 2.55 bits per heavy atom. The standard InChI is InChI=1S/C13H21N3O2S2/c1-8-5-6-16(7-9(8)2)13-11(12(14)15-19-13)20(17,18)10-3-4-10/h8-10H,3-7H2,1-2H3,(H2,14,15). The van der Waals surface area contributed by atoms with Crippen molar-refractivity contribution in [3.05, 3.63) is 0 Å². The van der Waals surface area contributed by atoms with E-state index in [0.29, 0.717) is 16.7 Å². The monoisotopic (exact) mass is 315 g/mol. The second kappa shape index (κ2) is 4.87. The van der Waals surface area contributed by atoms with Crippen molar-refractivity contribution in [3.63, 3.8) is 0 Å². The molecule has 5 nitrogen and oxygen atoms in total. The number of aromatic nitrogens is 1. The molecule has 0 amide bonds. The fourth-order valence-corrected chi connectivity index (χ4v) is 5.81. The van der Waals surface area contributed by atoms with E-state index in [2.05, 4.69) is 23.1 Å². The van der Waals surface area contributed by atoms with Crippen molar-refractivity contribution in [2.24, 2.45) is 11.8 Å². The van der Waals surface area contributed by atoms with Crippen LogP contribution >= 0.6 is 11.5 Å².